The van der Waals surface area contributed by atoms with Crippen LogP contribution >= 0.6 is 23.2 Å². The Hall–Kier alpha value is -0.870. The SMILES string of the molecule is C[N+]1(c2ccc(Cl)c(Cl)c2)C=CN=C1CO. The zero-order chi connectivity index (χ0) is 11.8. The monoisotopic (exact) mass is 257 g/mol. The molecule has 3 nitrogen and oxygen atoms in total. The van der Waals surface area contributed by atoms with Crippen molar-refractivity contribution in [3.05, 3.63) is 40.6 Å². The molecule has 16 heavy (non-hydrogen) atoms. The molecule has 1 N–H and O–H groups in total. The molecule has 0 saturated heterocycles. The summed E-state index contributed by atoms with van der Waals surface area (Å²) in [5.74, 6) is 0.651. The highest BCUT2D eigenvalue weighted by molar-refractivity contribution is 6.42. The number of hydrogen-bond donors (Lipinski definition) is 1. The number of quaternary nitrogens is 1. The third-order valence-corrected chi connectivity index (χ3v) is 3.44. The summed E-state index contributed by atoms with van der Waals surface area (Å²) in [4.78, 5) is 4.12. The number of benzene rings is 1. The number of nitrogens with zero attached hydrogens (tertiary/aromatic N) is 2. The standard InChI is InChI=1S/C11H11Cl2N2O/c1-15(5-4-14-11(15)7-16)8-2-3-9(12)10(13)6-8/h2-6,16H,7H2,1H3/q+1. The predicted octanol–water partition coefficient (Wildman–Crippen LogP) is 2.81. The van der Waals surface area contributed by atoms with E-state index >= 15 is 0 Å². The Labute approximate surface area is 104 Å². The lowest BCUT2D eigenvalue weighted by molar-refractivity contribution is 0.344. The van der Waals surface area contributed by atoms with Crippen molar-refractivity contribution < 1.29 is 5.11 Å². The van der Waals surface area contributed by atoms with E-state index in [2.05, 4.69) is 4.99 Å². The zero-order valence-electron chi connectivity index (χ0n) is 8.69. The Morgan fingerprint density at radius 1 is 1.31 bits per heavy atom. The third kappa shape index (κ3) is 1.76. The lowest BCUT2D eigenvalue weighted by atomic mass is 10.2. The molecule has 84 valence electrons. The summed E-state index contributed by atoms with van der Waals surface area (Å²) in [7, 11) is 1.93. The smallest absolute Gasteiger partial charge is 0.238 e. The third-order valence-electron chi connectivity index (χ3n) is 2.71. The normalized spacial score (nSPS) is 23.6. The van der Waals surface area contributed by atoms with Crippen molar-refractivity contribution >= 4 is 34.7 Å². The molecule has 2 rings (SSSR count). The second-order valence-corrected chi connectivity index (χ2v) is 4.49. The van der Waals surface area contributed by atoms with E-state index in [9.17, 15) is 5.11 Å². The van der Waals surface area contributed by atoms with Crippen LogP contribution in [-0.2, 0) is 0 Å². The molecule has 1 aromatic carbocycles. The molecule has 0 bridgehead atoms. The van der Waals surface area contributed by atoms with Gasteiger partial charge >= 0.3 is 0 Å². The van der Waals surface area contributed by atoms with Gasteiger partial charge < -0.3 is 5.11 Å². The highest BCUT2D eigenvalue weighted by Crippen LogP contribution is 2.32. The Morgan fingerprint density at radius 3 is 2.69 bits per heavy atom. The van der Waals surface area contributed by atoms with Crippen LogP contribution in [0, 0.1) is 0 Å². The van der Waals surface area contributed by atoms with Gasteiger partial charge in [-0.25, -0.2) is 9.48 Å². The summed E-state index contributed by atoms with van der Waals surface area (Å²) >= 11 is 11.8. The van der Waals surface area contributed by atoms with E-state index in [1.807, 2.05) is 19.3 Å². The highest BCUT2D eigenvalue weighted by atomic mass is 35.5. The first-order valence-corrected chi connectivity index (χ1v) is 5.51. The van der Waals surface area contributed by atoms with E-state index < -0.39 is 0 Å². The maximum atomic E-state index is 9.24. The van der Waals surface area contributed by atoms with Crippen molar-refractivity contribution in [3.63, 3.8) is 0 Å². The van der Waals surface area contributed by atoms with Crippen LogP contribution in [0.15, 0.2) is 35.6 Å². The maximum absolute atomic E-state index is 9.24. The van der Waals surface area contributed by atoms with Gasteiger partial charge in [-0.05, 0) is 6.07 Å². The number of aliphatic imine (C=N–C) groups is 1. The Balaban J connectivity index is 2.48. The Kier molecular flexibility index (Phi) is 3.04. The van der Waals surface area contributed by atoms with E-state index in [0.29, 0.717) is 20.4 Å². The first-order valence-electron chi connectivity index (χ1n) is 4.75. The Morgan fingerprint density at radius 2 is 2.06 bits per heavy atom. The quantitative estimate of drug-likeness (QED) is 0.813. The van der Waals surface area contributed by atoms with Gasteiger partial charge in [-0.2, -0.15) is 0 Å². The molecule has 1 heterocycles. The average molecular weight is 258 g/mol. The van der Waals surface area contributed by atoms with Gasteiger partial charge in [-0.15, -0.1) is 0 Å². The summed E-state index contributed by atoms with van der Waals surface area (Å²) in [5.41, 5.74) is 0.913. The molecule has 1 unspecified atom stereocenters. The van der Waals surface area contributed by atoms with E-state index in [-0.39, 0.29) is 6.61 Å². The van der Waals surface area contributed by atoms with E-state index in [1.165, 1.54) is 0 Å². The second kappa shape index (κ2) is 4.18. The van der Waals surface area contributed by atoms with E-state index in [0.717, 1.165) is 5.69 Å². The molecule has 0 amide bonds. The first kappa shape index (κ1) is 11.6. The van der Waals surface area contributed by atoms with Crippen LogP contribution in [0.3, 0.4) is 0 Å². The minimum atomic E-state index is -0.0935. The molecule has 0 spiro atoms. The van der Waals surface area contributed by atoms with Crippen molar-refractivity contribution in [2.75, 3.05) is 13.7 Å². The molecular weight excluding hydrogens is 247 g/mol. The molecule has 5 heteroatoms. The summed E-state index contributed by atoms with van der Waals surface area (Å²) in [5, 5.41) is 10.3. The number of amidine groups is 1. The first-order chi connectivity index (χ1) is 7.58. The predicted molar refractivity (Wildman–Crippen MR) is 67.8 cm³/mol. The molecule has 1 atom stereocenters. The molecule has 0 fully saturated rings. The topological polar surface area (TPSA) is 32.6 Å². The van der Waals surface area contributed by atoms with Gasteiger partial charge in [0.1, 0.15) is 18.5 Å². The number of aliphatic hydroxyl groups excluding tert-OH is 1. The fraction of sp³-hybridized carbons (Fsp3) is 0.182. The molecule has 0 radical (unpaired) electrons. The van der Waals surface area contributed by atoms with Crippen molar-refractivity contribution in [1.29, 1.82) is 0 Å². The van der Waals surface area contributed by atoms with Gasteiger partial charge in [0.2, 0.25) is 5.84 Å². The Bertz CT molecular complexity index is 485. The van der Waals surface area contributed by atoms with Gasteiger partial charge in [0.25, 0.3) is 0 Å². The van der Waals surface area contributed by atoms with Crippen LogP contribution in [0.1, 0.15) is 0 Å². The van der Waals surface area contributed by atoms with Crippen LogP contribution in [0.2, 0.25) is 10.0 Å². The van der Waals surface area contributed by atoms with Gasteiger partial charge in [0.05, 0.1) is 23.3 Å². The number of aliphatic hydroxyl groups is 1. The van der Waals surface area contributed by atoms with Crippen molar-refractivity contribution in [3.8, 4) is 0 Å². The number of likely N-dealkylation sites (N-methyl/N-ethyl adjacent to an activating group) is 1. The maximum Gasteiger partial charge on any atom is 0.238 e. The lowest BCUT2D eigenvalue weighted by Gasteiger charge is -2.26. The summed E-state index contributed by atoms with van der Waals surface area (Å²) in [6.45, 7) is -0.0935. The zero-order valence-corrected chi connectivity index (χ0v) is 10.2. The van der Waals surface area contributed by atoms with E-state index in [1.54, 1.807) is 18.3 Å². The molecular formula is C11H11Cl2N2O+. The van der Waals surface area contributed by atoms with Crippen molar-refractivity contribution in [2.24, 2.45) is 4.99 Å². The van der Waals surface area contributed by atoms with Gasteiger partial charge in [0, 0.05) is 12.1 Å². The van der Waals surface area contributed by atoms with Gasteiger partial charge in [-0.3, -0.25) is 0 Å². The summed E-state index contributed by atoms with van der Waals surface area (Å²) in [6, 6.07) is 5.39. The van der Waals surface area contributed by atoms with Crippen LogP contribution in [0.25, 0.3) is 0 Å². The second-order valence-electron chi connectivity index (χ2n) is 3.68. The van der Waals surface area contributed by atoms with Crippen molar-refractivity contribution in [1.82, 2.24) is 4.48 Å². The van der Waals surface area contributed by atoms with Crippen molar-refractivity contribution in [2.45, 2.75) is 0 Å². The van der Waals surface area contributed by atoms with Crippen LogP contribution in [0.5, 0.6) is 0 Å². The van der Waals surface area contributed by atoms with Gasteiger partial charge in [0.15, 0.2) is 0 Å². The van der Waals surface area contributed by atoms with Gasteiger partial charge in [-0.1, -0.05) is 23.2 Å². The fourth-order valence-electron chi connectivity index (χ4n) is 1.66. The molecule has 0 aromatic heterocycles. The molecule has 1 aliphatic heterocycles. The minimum absolute atomic E-state index is 0.0935. The molecule has 0 aliphatic carbocycles. The summed E-state index contributed by atoms with van der Waals surface area (Å²) < 4.78 is 0.327. The van der Waals surface area contributed by atoms with Crippen LogP contribution in [-0.4, -0.2) is 24.6 Å². The summed E-state index contributed by atoms with van der Waals surface area (Å²) in [6.07, 6.45) is 3.55. The fourth-order valence-corrected chi connectivity index (χ4v) is 1.95. The van der Waals surface area contributed by atoms with Crippen LogP contribution in [0.4, 0.5) is 5.69 Å². The van der Waals surface area contributed by atoms with Crippen LogP contribution < -0.4 is 4.48 Å². The number of halogens is 2. The average Bonchev–Trinajstić information content (AvgIpc) is 2.65. The number of hydrogen-bond acceptors (Lipinski definition) is 2. The highest BCUT2D eigenvalue weighted by Gasteiger charge is 2.33. The molecule has 0 saturated carbocycles. The minimum Gasteiger partial charge on any atom is -0.384 e. The molecule has 1 aliphatic rings. The largest absolute Gasteiger partial charge is 0.384 e. The number of rotatable bonds is 2. The van der Waals surface area contributed by atoms with E-state index in [4.69, 9.17) is 23.2 Å². The lowest BCUT2D eigenvalue weighted by Crippen LogP contribution is -2.45. The molecule has 1 aromatic rings.